The van der Waals surface area contributed by atoms with E-state index in [0.29, 0.717) is 6.42 Å². The van der Waals surface area contributed by atoms with Crippen molar-refractivity contribution in [2.75, 3.05) is 5.32 Å². The molecule has 0 unspecified atom stereocenters. The normalized spacial score (nSPS) is 10.1. The second-order valence-electron chi connectivity index (χ2n) is 9.25. The lowest BCUT2D eigenvalue weighted by molar-refractivity contribution is -0.116. The molecule has 3 heteroatoms. The van der Waals surface area contributed by atoms with E-state index in [2.05, 4.69) is 35.9 Å². The van der Waals surface area contributed by atoms with Gasteiger partial charge in [0.1, 0.15) is 5.75 Å². The number of hydrogen-bond acceptors (Lipinski definition) is 2. The van der Waals surface area contributed by atoms with Gasteiger partial charge in [0.2, 0.25) is 5.91 Å². The van der Waals surface area contributed by atoms with Crippen LogP contribution in [0.1, 0.15) is 129 Å². The third-order valence-electron chi connectivity index (χ3n) is 6.00. The Labute approximate surface area is 209 Å². The number of anilines is 1. The number of hydrogen-bond donors (Lipinski definition) is 2. The Bertz CT molecular complexity index is 746. The van der Waals surface area contributed by atoms with E-state index in [0.717, 1.165) is 37.8 Å². The Hall–Kier alpha value is -2.39. The van der Waals surface area contributed by atoms with Crippen LogP contribution in [-0.4, -0.2) is 11.0 Å². The Morgan fingerprint density at radius 1 is 0.676 bits per heavy atom. The van der Waals surface area contributed by atoms with Gasteiger partial charge in [0.25, 0.3) is 0 Å². The van der Waals surface area contributed by atoms with Crippen LogP contribution in [0.15, 0.2) is 24.3 Å². The lowest BCUT2D eigenvalue weighted by Gasteiger charge is -2.05. The van der Waals surface area contributed by atoms with Crippen LogP contribution in [0.2, 0.25) is 0 Å². The van der Waals surface area contributed by atoms with Gasteiger partial charge < -0.3 is 10.4 Å². The van der Waals surface area contributed by atoms with Crippen molar-refractivity contribution in [3.8, 4) is 29.4 Å². The molecule has 0 aliphatic carbocycles. The predicted molar refractivity (Wildman–Crippen MR) is 146 cm³/mol. The van der Waals surface area contributed by atoms with Gasteiger partial charge in [-0.25, -0.2) is 0 Å². The summed E-state index contributed by atoms with van der Waals surface area (Å²) < 4.78 is 0. The van der Waals surface area contributed by atoms with Crippen LogP contribution in [0, 0.1) is 23.7 Å². The number of carbonyl (C=O) groups is 1. The SMILES string of the molecule is CCCCCCCCCCCCC#CC#CCCCCCCCCC(=O)Nc1ccc(O)cc1. The van der Waals surface area contributed by atoms with E-state index in [1.54, 1.807) is 24.3 Å². The molecule has 1 aromatic rings. The third kappa shape index (κ3) is 19.1. The van der Waals surface area contributed by atoms with Crippen LogP contribution in [0.4, 0.5) is 5.69 Å². The molecule has 3 nitrogen and oxygen atoms in total. The molecule has 34 heavy (non-hydrogen) atoms. The smallest absolute Gasteiger partial charge is 0.224 e. The molecule has 1 amide bonds. The Morgan fingerprint density at radius 3 is 1.62 bits per heavy atom. The molecule has 0 radical (unpaired) electrons. The maximum Gasteiger partial charge on any atom is 0.224 e. The zero-order valence-corrected chi connectivity index (χ0v) is 21.6. The van der Waals surface area contributed by atoms with Crippen molar-refractivity contribution in [2.45, 2.75) is 129 Å². The molecule has 1 aromatic carbocycles. The first-order chi connectivity index (χ1) is 16.7. The van der Waals surface area contributed by atoms with Crippen molar-refractivity contribution in [3.05, 3.63) is 24.3 Å². The first-order valence-corrected chi connectivity index (χ1v) is 13.8. The molecule has 188 valence electrons. The average Bonchev–Trinajstić information content (AvgIpc) is 2.84. The summed E-state index contributed by atoms with van der Waals surface area (Å²) in [5.41, 5.74) is 0.729. The number of nitrogens with one attached hydrogen (secondary N) is 1. The van der Waals surface area contributed by atoms with E-state index in [1.165, 1.54) is 83.5 Å². The summed E-state index contributed by atoms with van der Waals surface area (Å²) in [5.74, 6) is 12.6. The van der Waals surface area contributed by atoms with E-state index < -0.39 is 0 Å². The van der Waals surface area contributed by atoms with Gasteiger partial charge in [0.15, 0.2) is 0 Å². The maximum atomic E-state index is 11.9. The molecular formula is C31H47NO2. The van der Waals surface area contributed by atoms with Crippen LogP contribution >= 0.6 is 0 Å². The van der Waals surface area contributed by atoms with Gasteiger partial charge in [-0.3, -0.25) is 4.79 Å². The summed E-state index contributed by atoms with van der Waals surface area (Å²) >= 11 is 0. The number of unbranched alkanes of at least 4 members (excludes halogenated alkanes) is 16. The van der Waals surface area contributed by atoms with Crippen LogP contribution in [-0.2, 0) is 4.79 Å². The number of phenols is 1. The van der Waals surface area contributed by atoms with Crippen LogP contribution < -0.4 is 5.32 Å². The van der Waals surface area contributed by atoms with E-state index in [1.807, 2.05) is 0 Å². The highest BCUT2D eigenvalue weighted by Crippen LogP contribution is 2.15. The van der Waals surface area contributed by atoms with Gasteiger partial charge in [0, 0.05) is 24.9 Å². The molecule has 0 atom stereocenters. The molecule has 2 N–H and O–H groups in total. The minimum Gasteiger partial charge on any atom is -0.508 e. The van der Waals surface area contributed by atoms with Crippen LogP contribution in [0.5, 0.6) is 5.75 Å². The standard InChI is InChI=1S/C31H47NO2/c1-2-3-4-5-6-7-8-9-10-11-12-13-14-15-16-17-18-19-20-21-22-23-24-31(34)32-29-25-27-30(33)28-26-29/h25-28,33H,2-12,17-24H2,1H3,(H,32,34). The fraction of sp³-hybridized carbons (Fsp3) is 0.645. The van der Waals surface area contributed by atoms with E-state index in [9.17, 15) is 9.90 Å². The molecule has 0 fully saturated rings. The van der Waals surface area contributed by atoms with Gasteiger partial charge in [-0.2, -0.15) is 0 Å². The first-order valence-electron chi connectivity index (χ1n) is 13.8. The van der Waals surface area contributed by atoms with Crippen molar-refractivity contribution >= 4 is 11.6 Å². The number of amides is 1. The molecule has 0 spiro atoms. The quantitative estimate of drug-likeness (QED) is 0.122. The summed E-state index contributed by atoms with van der Waals surface area (Å²) in [7, 11) is 0. The van der Waals surface area contributed by atoms with Crippen LogP contribution in [0.25, 0.3) is 0 Å². The summed E-state index contributed by atoms with van der Waals surface area (Å²) in [6, 6.07) is 6.57. The number of rotatable bonds is 19. The second kappa shape index (κ2) is 22.4. The Morgan fingerprint density at radius 2 is 1.12 bits per heavy atom. The zero-order chi connectivity index (χ0) is 24.5. The van der Waals surface area contributed by atoms with Crippen molar-refractivity contribution < 1.29 is 9.90 Å². The zero-order valence-electron chi connectivity index (χ0n) is 21.6. The maximum absolute atomic E-state index is 11.9. The van der Waals surface area contributed by atoms with Crippen molar-refractivity contribution in [1.82, 2.24) is 0 Å². The number of carbonyl (C=O) groups excluding carboxylic acids is 1. The van der Waals surface area contributed by atoms with Gasteiger partial charge >= 0.3 is 0 Å². The topological polar surface area (TPSA) is 49.3 Å². The number of phenolic OH excluding ortho intramolecular Hbond substituents is 1. The highest BCUT2D eigenvalue weighted by molar-refractivity contribution is 5.90. The second-order valence-corrected chi connectivity index (χ2v) is 9.25. The highest BCUT2D eigenvalue weighted by atomic mass is 16.3. The largest absolute Gasteiger partial charge is 0.508 e. The van der Waals surface area contributed by atoms with E-state index >= 15 is 0 Å². The first kappa shape index (κ1) is 29.6. The molecule has 0 saturated carbocycles. The summed E-state index contributed by atoms with van der Waals surface area (Å²) in [6.45, 7) is 2.27. The Balaban J connectivity index is 1.84. The molecular weight excluding hydrogens is 418 g/mol. The molecule has 0 heterocycles. The van der Waals surface area contributed by atoms with Gasteiger partial charge in [-0.1, -0.05) is 102 Å². The lowest BCUT2D eigenvalue weighted by atomic mass is 10.1. The Kier molecular flexibility index (Phi) is 19.5. The molecule has 1 rings (SSSR count). The number of aromatic hydroxyl groups is 1. The fourth-order valence-electron chi connectivity index (χ4n) is 3.89. The van der Waals surface area contributed by atoms with E-state index in [4.69, 9.17) is 0 Å². The highest BCUT2D eigenvalue weighted by Gasteiger charge is 2.02. The predicted octanol–water partition coefficient (Wildman–Crippen LogP) is 8.77. The summed E-state index contributed by atoms with van der Waals surface area (Å²) in [4.78, 5) is 11.9. The van der Waals surface area contributed by atoms with Gasteiger partial charge in [-0.05, 0) is 55.4 Å². The monoisotopic (exact) mass is 465 g/mol. The average molecular weight is 466 g/mol. The molecule has 0 aromatic heterocycles. The van der Waals surface area contributed by atoms with Gasteiger partial charge in [-0.15, -0.1) is 0 Å². The molecule has 0 bridgehead atoms. The molecule has 0 aliphatic heterocycles. The van der Waals surface area contributed by atoms with E-state index in [-0.39, 0.29) is 11.7 Å². The van der Waals surface area contributed by atoms with Gasteiger partial charge in [0.05, 0.1) is 0 Å². The molecule has 0 saturated heterocycles. The van der Waals surface area contributed by atoms with Crippen molar-refractivity contribution in [3.63, 3.8) is 0 Å². The van der Waals surface area contributed by atoms with Crippen molar-refractivity contribution in [2.24, 2.45) is 0 Å². The van der Waals surface area contributed by atoms with Crippen molar-refractivity contribution in [1.29, 1.82) is 0 Å². The fourth-order valence-corrected chi connectivity index (χ4v) is 3.89. The minimum atomic E-state index is 0.0373. The third-order valence-corrected chi connectivity index (χ3v) is 6.00. The molecule has 0 aliphatic rings. The van der Waals surface area contributed by atoms with Crippen LogP contribution in [0.3, 0.4) is 0 Å². The summed E-state index contributed by atoms with van der Waals surface area (Å²) in [5, 5.41) is 12.1. The summed E-state index contributed by atoms with van der Waals surface area (Å²) in [6.07, 6.45) is 22.8. The lowest BCUT2D eigenvalue weighted by Crippen LogP contribution is -2.10. The minimum absolute atomic E-state index is 0.0373. The number of benzene rings is 1.